The molecular formula is C23H24Cl2N2O3. The molecule has 0 radical (unpaired) electrons. The number of rotatable bonds is 7. The van der Waals surface area contributed by atoms with Crippen molar-refractivity contribution >= 4 is 45.8 Å². The van der Waals surface area contributed by atoms with Gasteiger partial charge < -0.3 is 14.6 Å². The number of nitrogens with zero attached hydrogens (tertiary/aromatic N) is 1. The Hall–Kier alpha value is -2.50. The van der Waals surface area contributed by atoms with Gasteiger partial charge in [-0.15, -0.1) is 0 Å². The maximum absolute atomic E-state index is 12.8. The monoisotopic (exact) mass is 446 g/mol. The Morgan fingerprint density at radius 2 is 1.80 bits per heavy atom. The summed E-state index contributed by atoms with van der Waals surface area (Å²) in [5, 5.41) is 4.29. The first-order valence-corrected chi connectivity index (χ1v) is 10.4. The van der Waals surface area contributed by atoms with Crippen LogP contribution in [0, 0.1) is 0 Å². The molecule has 1 amide bonds. The molecule has 1 heterocycles. The molecule has 1 N–H and O–H groups in total. The molecule has 1 aromatic heterocycles. The minimum absolute atomic E-state index is 0.0852. The topological polar surface area (TPSA) is 60.3 Å². The first-order valence-electron chi connectivity index (χ1n) is 9.67. The molecule has 158 valence electrons. The lowest BCUT2D eigenvalue weighted by atomic mass is 9.92. The highest BCUT2D eigenvalue weighted by atomic mass is 35.5. The smallest absolute Gasteiger partial charge is 0.268 e. The molecule has 3 aromatic rings. The average Bonchev–Trinajstić information content (AvgIpc) is 3.06. The summed E-state index contributed by atoms with van der Waals surface area (Å²) in [5.41, 5.74) is 3.17. The quantitative estimate of drug-likeness (QED) is 0.520. The maximum Gasteiger partial charge on any atom is 0.268 e. The Balaban J connectivity index is 1.78. The fourth-order valence-electron chi connectivity index (χ4n) is 3.65. The molecule has 3 rings (SSSR count). The number of ether oxygens (including phenoxy) is 1. The lowest BCUT2D eigenvalue weighted by Crippen LogP contribution is -2.24. The van der Waals surface area contributed by atoms with E-state index in [1.807, 2.05) is 31.2 Å². The number of Topliss-reactive ketones (excluding diaryl/α,β-unsaturated/α-hetero) is 1. The summed E-state index contributed by atoms with van der Waals surface area (Å²) < 4.78 is 7.02. The second kappa shape index (κ2) is 9.11. The zero-order chi connectivity index (χ0) is 22.0. The van der Waals surface area contributed by atoms with Gasteiger partial charge in [-0.25, -0.2) is 0 Å². The number of aromatic nitrogens is 1. The Bertz CT molecular complexity index is 1100. The molecule has 30 heavy (non-hydrogen) atoms. The van der Waals surface area contributed by atoms with Crippen LogP contribution in [0.25, 0.3) is 10.9 Å². The Morgan fingerprint density at radius 1 is 1.13 bits per heavy atom. The summed E-state index contributed by atoms with van der Waals surface area (Å²) in [4.78, 5) is 24.5. The number of fused-ring (bicyclic) bond motifs is 1. The van der Waals surface area contributed by atoms with Crippen molar-refractivity contribution in [2.75, 3.05) is 7.11 Å². The van der Waals surface area contributed by atoms with Crippen molar-refractivity contribution in [1.82, 2.24) is 9.88 Å². The van der Waals surface area contributed by atoms with Gasteiger partial charge in [0.05, 0.1) is 17.6 Å². The third kappa shape index (κ3) is 4.18. The number of carbonyl (C=O) groups is 2. The Morgan fingerprint density at radius 3 is 2.37 bits per heavy atom. The van der Waals surface area contributed by atoms with E-state index in [0.717, 1.165) is 23.1 Å². The molecule has 5 nitrogen and oxygen atoms in total. The summed E-state index contributed by atoms with van der Waals surface area (Å²) in [6, 6.07) is 11.2. The number of nitrogens with one attached hydrogen (secondary N) is 1. The van der Waals surface area contributed by atoms with Gasteiger partial charge in [-0.05, 0) is 30.5 Å². The van der Waals surface area contributed by atoms with Gasteiger partial charge in [0.25, 0.3) is 5.91 Å². The number of halogens is 2. The van der Waals surface area contributed by atoms with E-state index in [1.165, 1.54) is 7.11 Å². The lowest BCUT2D eigenvalue weighted by Gasteiger charge is -2.12. The van der Waals surface area contributed by atoms with E-state index in [0.29, 0.717) is 33.4 Å². The molecule has 0 aliphatic carbocycles. The van der Waals surface area contributed by atoms with Crippen LogP contribution in [0.15, 0.2) is 36.4 Å². The third-order valence-corrected chi connectivity index (χ3v) is 6.24. The van der Waals surface area contributed by atoms with Gasteiger partial charge >= 0.3 is 0 Å². The molecular weight excluding hydrogens is 423 g/mol. The largest absolute Gasteiger partial charge is 0.495 e. The fourth-order valence-corrected chi connectivity index (χ4v) is 4.13. The molecule has 1 unspecified atom stereocenters. The zero-order valence-electron chi connectivity index (χ0n) is 17.4. The van der Waals surface area contributed by atoms with E-state index in [2.05, 4.69) is 5.32 Å². The molecule has 0 bridgehead atoms. The maximum atomic E-state index is 12.8. The number of carbonyl (C=O) groups excluding carboxylic acids is 2. The van der Waals surface area contributed by atoms with E-state index in [1.54, 1.807) is 30.7 Å². The van der Waals surface area contributed by atoms with Gasteiger partial charge in [0.15, 0.2) is 0 Å². The van der Waals surface area contributed by atoms with Gasteiger partial charge in [0.2, 0.25) is 0 Å². The molecule has 2 aromatic carbocycles. The summed E-state index contributed by atoms with van der Waals surface area (Å²) in [7, 11) is 3.31. The highest BCUT2D eigenvalue weighted by molar-refractivity contribution is 6.46. The van der Waals surface area contributed by atoms with Gasteiger partial charge in [-0.1, -0.05) is 54.4 Å². The van der Waals surface area contributed by atoms with Crippen molar-refractivity contribution in [2.24, 2.45) is 7.05 Å². The number of ketones is 1. The minimum atomic E-state index is -0.223. The molecule has 0 aliphatic rings. The second-order valence-corrected chi connectivity index (χ2v) is 7.98. The van der Waals surface area contributed by atoms with Crippen LogP contribution in [0.4, 0.5) is 0 Å². The van der Waals surface area contributed by atoms with Crippen LogP contribution in [-0.2, 0) is 18.4 Å². The van der Waals surface area contributed by atoms with E-state index < -0.39 is 0 Å². The van der Waals surface area contributed by atoms with Crippen LogP contribution < -0.4 is 10.1 Å². The number of hydrogen-bond acceptors (Lipinski definition) is 3. The van der Waals surface area contributed by atoms with Crippen molar-refractivity contribution in [2.45, 2.75) is 32.7 Å². The van der Waals surface area contributed by atoms with Crippen LogP contribution in [-0.4, -0.2) is 23.4 Å². The lowest BCUT2D eigenvalue weighted by molar-refractivity contribution is -0.118. The van der Waals surface area contributed by atoms with Gasteiger partial charge in [0.1, 0.15) is 22.2 Å². The SMILES string of the molecule is CCC(C(C)=O)c1ccc(CNC(=O)c2cc3c(Cl)c(Cl)c(OC)cc3n2C)cc1. The van der Waals surface area contributed by atoms with Crippen molar-refractivity contribution < 1.29 is 14.3 Å². The molecule has 7 heteroatoms. The van der Waals surface area contributed by atoms with Gasteiger partial charge in [0, 0.05) is 31.0 Å². The van der Waals surface area contributed by atoms with Crippen LogP contribution in [0.3, 0.4) is 0 Å². The first kappa shape index (κ1) is 22.2. The molecule has 1 atom stereocenters. The van der Waals surface area contributed by atoms with Crippen LogP contribution in [0.5, 0.6) is 5.75 Å². The van der Waals surface area contributed by atoms with E-state index in [9.17, 15) is 9.59 Å². The number of hydrogen-bond donors (Lipinski definition) is 1. The number of methoxy groups -OCH3 is 1. The third-order valence-electron chi connectivity index (χ3n) is 5.38. The number of benzene rings is 2. The Kier molecular flexibility index (Phi) is 6.74. The normalized spacial score (nSPS) is 12.1. The molecule has 0 saturated heterocycles. The summed E-state index contributed by atoms with van der Waals surface area (Å²) >= 11 is 12.6. The fraction of sp³-hybridized carbons (Fsp3) is 0.304. The molecule has 0 fully saturated rings. The number of amides is 1. The standard InChI is InChI=1S/C23H24Cl2N2O3/c1-5-16(13(2)28)15-8-6-14(7-9-15)12-26-23(29)19-10-17-18(27(19)3)11-20(30-4)22(25)21(17)24/h6-11,16H,5,12H2,1-4H3,(H,26,29). The van der Waals surface area contributed by atoms with Crippen LogP contribution >= 0.6 is 23.2 Å². The number of aryl methyl sites for hydroxylation is 1. The van der Waals surface area contributed by atoms with E-state index in [-0.39, 0.29) is 17.6 Å². The average molecular weight is 447 g/mol. The zero-order valence-corrected chi connectivity index (χ0v) is 18.9. The summed E-state index contributed by atoms with van der Waals surface area (Å²) in [5.74, 6) is 0.306. The van der Waals surface area contributed by atoms with Crippen molar-refractivity contribution in [3.63, 3.8) is 0 Å². The summed E-state index contributed by atoms with van der Waals surface area (Å²) in [6.45, 7) is 3.98. The van der Waals surface area contributed by atoms with Gasteiger partial charge in [-0.2, -0.15) is 0 Å². The molecule has 0 aliphatic heterocycles. The van der Waals surface area contributed by atoms with Crippen LogP contribution in [0.1, 0.15) is 47.8 Å². The van der Waals surface area contributed by atoms with Crippen molar-refractivity contribution in [3.8, 4) is 5.75 Å². The molecule has 0 saturated carbocycles. The molecule has 0 spiro atoms. The van der Waals surface area contributed by atoms with Crippen LogP contribution in [0.2, 0.25) is 10.0 Å². The highest BCUT2D eigenvalue weighted by Gasteiger charge is 2.19. The predicted molar refractivity (Wildman–Crippen MR) is 121 cm³/mol. The van der Waals surface area contributed by atoms with E-state index >= 15 is 0 Å². The first-order chi connectivity index (χ1) is 14.3. The highest BCUT2D eigenvalue weighted by Crippen LogP contribution is 2.39. The van der Waals surface area contributed by atoms with E-state index in [4.69, 9.17) is 27.9 Å². The Labute approximate surface area is 185 Å². The summed E-state index contributed by atoms with van der Waals surface area (Å²) in [6.07, 6.45) is 0.768. The van der Waals surface area contributed by atoms with Gasteiger partial charge in [-0.3, -0.25) is 9.59 Å². The van der Waals surface area contributed by atoms with Crippen molar-refractivity contribution in [3.05, 3.63) is 63.3 Å². The van der Waals surface area contributed by atoms with Crippen molar-refractivity contribution in [1.29, 1.82) is 0 Å². The second-order valence-electron chi connectivity index (χ2n) is 7.22. The predicted octanol–water partition coefficient (Wildman–Crippen LogP) is 5.51. The minimum Gasteiger partial charge on any atom is -0.495 e.